The number of ether oxygens (including phenoxy) is 1. The normalized spacial score (nSPS) is 16.6. The molecule has 0 saturated carbocycles. The molecular weight excluding hydrogens is 316 g/mol. The Morgan fingerprint density at radius 2 is 1.96 bits per heavy atom. The zero-order valence-corrected chi connectivity index (χ0v) is 15.5. The summed E-state index contributed by atoms with van der Waals surface area (Å²) < 4.78 is 5.03. The molecule has 25 heavy (non-hydrogen) atoms. The molecule has 1 aromatic rings. The smallest absolute Gasteiger partial charge is 0.409 e. The minimum Gasteiger partial charge on any atom is -0.450 e. The molecule has 0 spiro atoms. The topological polar surface area (TPSA) is 80.0 Å². The minimum absolute atomic E-state index is 0.0686. The highest BCUT2D eigenvalue weighted by atomic mass is 16.6. The quantitative estimate of drug-likeness (QED) is 0.634. The number of carbonyl (C=O) groups excluding carboxylic acids is 1. The van der Waals surface area contributed by atoms with Crippen molar-refractivity contribution >= 4 is 12.1 Å². The van der Waals surface area contributed by atoms with Crippen molar-refractivity contribution in [3.8, 4) is 0 Å². The van der Waals surface area contributed by atoms with E-state index in [1.165, 1.54) is 5.56 Å². The summed E-state index contributed by atoms with van der Waals surface area (Å²) in [6.07, 6.45) is 1.46. The predicted octanol–water partition coefficient (Wildman–Crippen LogP) is 2.49. The molecule has 0 radical (unpaired) electrons. The average molecular weight is 346 g/mol. The third-order valence-corrected chi connectivity index (χ3v) is 4.57. The zero-order chi connectivity index (χ0) is 18.3. The van der Waals surface area contributed by atoms with Gasteiger partial charge in [0.15, 0.2) is 5.96 Å². The highest BCUT2D eigenvalue weighted by Crippen LogP contribution is 2.23. The predicted molar refractivity (Wildman–Crippen MR) is 101 cm³/mol. The fourth-order valence-corrected chi connectivity index (χ4v) is 2.94. The summed E-state index contributed by atoms with van der Waals surface area (Å²) in [5.74, 6) is 0.471. The first-order valence-corrected chi connectivity index (χ1v) is 8.96. The maximum Gasteiger partial charge on any atom is 0.409 e. The molecule has 0 aliphatic carbocycles. The second-order valence-corrected chi connectivity index (χ2v) is 7.06. The third-order valence-electron chi connectivity index (χ3n) is 4.57. The van der Waals surface area contributed by atoms with Gasteiger partial charge in [0.25, 0.3) is 0 Å². The first-order valence-electron chi connectivity index (χ1n) is 8.96. The SMILES string of the molecule is CCOC(=O)N1CCC(NC(N)=NCC(C)(C)c2ccccc2)CC1. The van der Waals surface area contributed by atoms with Crippen LogP contribution in [-0.4, -0.2) is 49.2 Å². The van der Waals surface area contributed by atoms with Crippen LogP contribution in [0.1, 0.15) is 39.2 Å². The second-order valence-electron chi connectivity index (χ2n) is 7.06. The van der Waals surface area contributed by atoms with Crippen molar-refractivity contribution in [1.82, 2.24) is 10.2 Å². The Morgan fingerprint density at radius 1 is 1.32 bits per heavy atom. The van der Waals surface area contributed by atoms with Crippen LogP contribution in [0.5, 0.6) is 0 Å². The van der Waals surface area contributed by atoms with E-state index in [0.29, 0.717) is 32.2 Å². The van der Waals surface area contributed by atoms with Crippen molar-refractivity contribution in [3.63, 3.8) is 0 Å². The summed E-state index contributed by atoms with van der Waals surface area (Å²) in [7, 11) is 0. The van der Waals surface area contributed by atoms with Crippen molar-refractivity contribution < 1.29 is 9.53 Å². The number of likely N-dealkylation sites (tertiary alicyclic amines) is 1. The summed E-state index contributed by atoms with van der Waals surface area (Å²) in [4.78, 5) is 18.0. The van der Waals surface area contributed by atoms with Gasteiger partial charge in [0.1, 0.15) is 0 Å². The van der Waals surface area contributed by atoms with Crippen molar-refractivity contribution in [2.75, 3.05) is 26.2 Å². The lowest BCUT2D eigenvalue weighted by atomic mass is 9.85. The van der Waals surface area contributed by atoms with Crippen LogP contribution in [0.25, 0.3) is 0 Å². The molecule has 1 heterocycles. The van der Waals surface area contributed by atoms with E-state index in [1.807, 2.05) is 25.1 Å². The monoisotopic (exact) mass is 346 g/mol. The molecule has 6 nitrogen and oxygen atoms in total. The minimum atomic E-state index is -0.229. The first-order chi connectivity index (χ1) is 11.9. The molecule has 6 heteroatoms. The fraction of sp³-hybridized carbons (Fsp3) is 0.579. The summed E-state index contributed by atoms with van der Waals surface area (Å²) in [6.45, 7) is 8.54. The first kappa shape index (κ1) is 19.1. The molecule has 0 aromatic heterocycles. The Hall–Kier alpha value is -2.24. The number of rotatable bonds is 5. The van der Waals surface area contributed by atoms with Crippen LogP contribution in [0.3, 0.4) is 0 Å². The van der Waals surface area contributed by atoms with Gasteiger partial charge < -0.3 is 20.7 Å². The molecule has 0 unspecified atom stereocenters. The summed E-state index contributed by atoms with van der Waals surface area (Å²) in [5.41, 5.74) is 7.24. The van der Waals surface area contributed by atoms with Crippen LogP contribution in [-0.2, 0) is 10.2 Å². The number of benzene rings is 1. The Labute approximate surface area is 150 Å². The third kappa shape index (κ3) is 5.66. The van der Waals surface area contributed by atoms with Crippen LogP contribution < -0.4 is 11.1 Å². The molecule has 1 saturated heterocycles. The molecule has 1 aromatic carbocycles. The van der Waals surface area contributed by atoms with Gasteiger partial charge in [-0.05, 0) is 25.3 Å². The molecule has 2 rings (SSSR count). The largest absolute Gasteiger partial charge is 0.450 e. The van der Waals surface area contributed by atoms with E-state index in [9.17, 15) is 4.79 Å². The van der Waals surface area contributed by atoms with Gasteiger partial charge in [-0.2, -0.15) is 0 Å². The van der Waals surface area contributed by atoms with Crippen molar-refractivity contribution in [2.45, 2.75) is 45.1 Å². The number of hydrogen-bond donors (Lipinski definition) is 2. The average Bonchev–Trinajstić information content (AvgIpc) is 2.62. The van der Waals surface area contributed by atoms with Gasteiger partial charge in [-0.1, -0.05) is 44.2 Å². The number of aliphatic imine (C=N–C) groups is 1. The molecule has 1 aliphatic rings. The molecule has 3 N–H and O–H groups in total. The van der Waals surface area contributed by atoms with E-state index in [-0.39, 0.29) is 17.6 Å². The van der Waals surface area contributed by atoms with Crippen LogP contribution in [0.15, 0.2) is 35.3 Å². The van der Waals surface area contributed by atoms with Gasteiger partial charge in [0.05, 0.1) is 13.2 Å². The number of amides is 1. The van der Waals surface area contributed by atoms with E-state index in [1.54, 1.807) is 4.90 Å². The number of nitrogens with zero attached hydrogens (tertiary/aromatic N) is 2. The van der Waals surface area contributed by atoms with Crippen LogP contribution in [0, 0.1) is 0 Å². The van der Waals surface area contributed by atoms with Gasteiger partial charge in [-0.25, -0.2) is 4.79 Å². The van der Waals surface area contributed by atoms with E-state index >= 15 is 0 Å². The lowest BCUT2D eigenvalue weighted by molar-refractivity contribution is 0.0963. The number of nitrogens with two attached hydrogens (primary N) is 1. The number of hydrogen-bond acceptors (Lipinski definition) is 3. The Bertz CT molecular complexity index is 578. The molecule has 0 atom stereocenters. The molecule has 138 valence electrons. The highest BCUT2D eigenvalue weighted by Gasteiger charge is 2.24. The van der Waals surface area contributed by atoms with Crippen LogP contribution in [0.2, 0.25) is 0 Å². The fourth-order valence-electron chi connectivity index (χ4n) is 2.94. The van der Waals surface area contributed by atoms with Crippen LogP contribution >= 0.6 is 0 Å². The van der Waals surface area contributed by atoms with E-state index < -0.39 is 0 Å². The number of carbonyl (C=O) groups is 1. The van der Waals surface area contributed by atoms with E-state index in [2.05, 4.69) is 36.3 Å². The zero-order valence-electron chi connectivity index (χ0n) is 15.5. The maximum absolute atomic E-state index is 11.7. The van der Waals surface area contributed by atoms with E-state index in [4.69, 9.17) is 10.5 Å². The Balaban J connectivity index is 1.81. The van der Waals surface area contributed by atoms with Crippen molar-refractivity contribution in [3.05, 3.63) is 35.9 Å². The van der Waals surface area contributed by atoms with Crippen molar-refractivity contribution in [2.24, 2.45) is 10.7 Å². The molecule has 1 amide bonds. The molecule has 1 aliphatic heterocycles. The molecular formula is C19H30N4O2. The summed E-state index contributed by atoms with van der Waals surface area (Å²) in [6, 6.07) is 10.6. The van der Waals surface area contributed by atoms with Gasteiger partial charge in [0.2, 0.25) is 0 Å². The van der Waals surface area contributed by atoms with Gasteiger partial charge >= 0.3 is 6.09 Å². The highest BCUT2D eigenvalue weighted by molar-refractivity contribution is 5.78. The number of nitrogens with one attached hydrogen (secondary N) is 1. The van der Waals surface area contributed by atoms with Gasteiger partial charge in [-0.3, -0.25) is 4.99 Å². The number of piperidine rings is 1. The Morgan fingerprint density at radius 3 is 2.56 bits per heavy atom. The molecule has 0 bridgehead atoms. The Kier molecular flexibility index (Phi) is 6.67. The van der Waals surface area contributed by atoms with Crippen LogP contribution in [0.4, 0.5) is 4.79 Å². The second kappa shape index (κ2) is 8.74. The standard InChI is InChI=1S/C19H30N4O2/c1-4-25-18(24)23-12-10-16(11-13-23)22-17(20)21-14-19(2,3)15-8-6-5-7-9-15/h5-9,16H,4,10-14H2,1-3H3,(H3,20,21,22). The molecule has 1 fully saturated rings. The van der Waals surface area contributed by atoms with Gasteiger partial charge in [0, 0.05) is 24.5 Å². The lowest BCUT2D eigenvalue weighted by Gasteiger charge is -2.32. The maximum atomic E-state index is 11.7. The summed E-state index contributed by atoms with van der Waals surface area (Å²) >= 11 is 0. The van der Waals surface area contributed by atoms with Gasteiger partial charge in [-0.15, -0.1) is 0 Å². The van der Waals surface area contributed by atoms with Crippen molar-refractivity contribution in [1.29, 1.82) is 0 Å². The lowest BCUT2D eigenvalue weighted by Crippen LogP contribution is -2.48. The number of guanidine groups is 1. The van der Waals surface area contributed by atoms with E-state index in [0.717, 1.165) is 12.8 Å². The summed E-state index contributed by atoms with van der Waals surface area (Å²) in [5, 5.41) is 3.28.